The van der Waals surface area contributed by atoms with E-state index < -0.39 is 0 Å². The van der Waals surface area contributed by atoms with E-state index in [4.69, 9.17) is 5.84 Å². The fourth-order valence-electron chi connectivity index (χ4n) is 1.95. The number of nitrogens with one attached hydrogen (secondary N) is 1. The van der Waals surface area contributed by atoms with E-state index in [-0.39, 0.29) is 11.9 Å². The van der Waals surface area contributed by atoms with Crippen LogP contribution in [0.2, 0.25) is 0 Å². The third kappa shape index (κ3) is 2.44. The summed E-state index contributed by atoms with van der Waals surface area (Å²) in [6.45, 7) is 2.23. The Hall–Kier alpha value is -0.450. The van der Waals surface area contributed by atoms with Gasteiger partial charge in [-0.25, -0.2) is 4.39 Å². The molecule has 1 saturated carbocycles. The zero-order chi connectivity index (χ0) is 11.8. The van der Waals surface area contributed by atoms with Gasteiger partial charge >= 0.3 is 0 Å². The van der Waals surface area contributed by atoms with Crippen molar-refractivity contribution in [1.82, 2.24) is 5.43 Å². The monoisotopic (exact) mass is 286 g/mol. The van der Waals surface area contributed by atoms with Crippen molar-refractivity contribution in [2.24, 2.45) is 11.3 Å². The van der Waals surface area contributed by atoms with Crippen LogP contribution in [0.5, 0.6) is 0 Å². The highest BCUT2D eigenvalue weighted by molar-refractivity contribution is 9.10. The first kappa shape index (κ1) is 12.0. The van der Waals surface area contributed by atoms with Crippen molar-refractivity contribution in [2.45, 2.75) is 32.2 Å². The van der Waals surface area contributed by atoms with Crippen LogP contribution in [0.3, 0.4) is 0 Å². The predicted octanol–water partition coefficient (Wildman–Crippen LogP) is 2.76. The Balaban J connectivity index is 2.10. The lowest BCUT2D eigenvalue weighted by Crippen LogP contribution is -2.42. The van der Waals surface area contributed by atoms with E-state index in [1.165, 1.54) is 18.9 Å². The molecule has 4 heteroatoms. The Morgan fingerprint density at radius 3 is 2.75 bits per heavy atom. The van der Waals surface area contributed by atoms with Crippen molar-refractivity contribution in [1.29, 1.82) is 0 Å². The van der Waals surface area contributed by atoms with Gasteiger partial charge in [0.2, 0.25) is 0 Å². The van der Waals surface area contributed by atoms with Crippen LogP contribution in [0.1, 0.15) is 25.3 Å². The summed E-state index contributed by atoms with van der Waals surface area (Å²) in [7, 11) is 0. The van der Waals surface area contributed by atoms with Gasteiger partial charge in [-0.3, -0.25) is 11.3 Å². The third-order valence-corrected chi connectivity index (χ3v) is 4.11. The van der Waals surface area contributed by atoms with Crippen molar-refractivity contribution >= 4 is 15.9 Å². The van der Waals surface area contributed by atoms with E-state index in [9.17, 15) is 4.39 Å². The number of benzene rings is 1. The van der Waals surface area contributed by atoms with E-state index in [2.05, 4.69) is 28.3 Å². The minimum absolute atomic E-state index is 0.223. The summed E-state index contributed by atoms with van der Waals surface area (Å²) in [5.41, 5.74) is 4.29. The van der Waals surface area contributed by atoms with Gasteiger partial charge in [-0.15, -0.1) is 0 Å². The van der Waals surface area contributed by atoms with Crippen LogP contribution in [-0.4, -0.2) is 6.04 Å². The first-order valence-corrected chi connectivity index (χ1v) is 6.24. The van der Waals surface area contributed by atoms with Gasteiger partial charge in [0.05, 0.1) is 4.47 Å². The Morgan fingerprint density at radius 1 is 1.56 bits per heavy atom. The van der Waals surface area contributed by atoms with E-state index in [1.807, 2.05) is 12.1 Å². The Morgan fingerprint density at radius 2 is 2.25 bits per heavy atom. The van der Waals surface area contributed by atoms with Crippen molar-refractivity contribution in [2.75, 3.05) is 0 Å². The number of halogens is 2. The van der Waals surface area contributed by atoms with Gasteiger partial charge in [0.1, 0.15) is 5.82 Å². The third-order valence-electron chi connectivity index (χ3n) is 3.50. The van der Waals surface area contributed by atoms with Crippen LogP contribution >= 0.6 is 15.9 Å². The normalized spacial score (nSPS) is 19.5. The zero-order valence-corrected chi connectivity index (χ0v) is 10.8. The highest BCUT2D eigenvalue weighted by Crippen LogP contribution is 2.48. The van der Waals surface area contributed by atoms with Crippen LogP contribution < -0.4 is 11.3 Å². The van der Waals surface area contributed by atoms with Crippen LogP contribution in [0.4, 0.5) is 4.39 Å². The standard InChI is InChI=1S/C12H16BrFN2/c1-12(4-5-12)11(16-15)7-8-2-3-10(14)9(13)6-8/h2-3,6,11,16H,4-5,7,15H2,1H3. The minimum Gasteiger partial charge on any atom is -0.271 e. The van der Waals surface area contributed by atoms with Gasteiger partial charge in [0, 0.05) is 6.04 Å². The van der Waals surface area contributed by atoms with Gasteiger partial charge in [-0.1, -0.05) is 13.0 Å². The average molecular weight is 287 g/mol. The lowest BCUT2D eigenvalue weighted by atomic mass is 9.93. The molecular formula is C12H16BrFN2. The number of rotatable bonds is 4. The second kappa shape index (κ2) is 4.43. The molecule has 0 radical (unpaired) electrons. The number of hydrazine groups is 1. The quantitative estimate of drug-likeness (QED) is 0.660. The summed E-state index contributed by atoms with van der Waals surface area (Å²) < 4.78 is 13.6. The van der Waals surface area contributed by atoms with Gasteiger partial charge in [0.25, 0.3) is 0 Å². The van der Waals surface area contributed by atoms with Crippen molar-refractivity contribution in [3.63, 3.8) is 0 Å². The van der Waals surface area contributed by atoms with Crippen LogP contribution in [0.25, 0.3) is 0 Å². The minimum atomic E-state index is -0.223. The molecule has 0 aliphatic heterocycles. The fourth-order valence-corrected chi connectivity index (χ4v) is 2.38. The molecule has 0 saturated heterocycles. The summed E-state index contributed by atoms with van der Waals surface area (Å²) in [6, 6.07) is 5.40. The molecule has 0 amide bonds. The second-order valence-corrected chi connectivity index (χ2v) is 5.68. The summed E-state index contributed by atoms with van der Waals surface area (Å²) >= 11 is 3.20. The molecule has 88 valence electrons. The van der Waals surface area contributed by atoms with Crippen molar-refractivity contribution in [3.05, 3.63) is 34.1 Å². The second-order valence-electron chi connectivity index (χ2n) is 4.83. The summed E-state index contributed by atoms with van der Waals surface area (Å²) in [6.07, 6.45) is 3.26. The molecule has 1 aromatic rings. The molecule has 1 atom stereocenters. The first-order valence-electron chi connectivity index (χ1n) is 5.45. The highest BCUT2D eigenvalue weighted by atomic mass is 79.9. The number of hydrogen-bond donors (Lipinski definition) is 2. The molecule has 1 unspecified atom stereocenters. The molecule has 16 heavy (non-hydrogen) atoms. The molecule has 0 aromatic heterocycles. The molecular weight excluding hydrogens is 271 g/mol. The fraction of sp³-hybridized carbons (Fsp3) is 0.500. The van der Waals surface area contributed by atoms with Crippen LogP contribution in [0.15, 0.2) is 22.7 Å². The van der Waals surface area contributed by atoms with Gasteiger partial charge in [0.15, 0.2) is 0 Å². The predicted molar refractivity (Wildman–Crippen MR) is 66.3 cm³/mol. The van der Waals surface area contributed by atoms with E-state index >= 15 is 0 Å². The maximum Gasteiger partial charge on any atom is 0.137 e. The number of hydrogen-bond acceptors (Lipinski definition) is 2. The Bertz CT molecular complexity index is 391. The van der Waals surface area contributed by atoms with E-state index in [0.29, 0.717) is 9.89 Å². The summed E-state index contributed by atoms with van der Waals surface area (Å²) in [5, 5.41) is 0. The summed E-state index contributed by atoms with van der Waals surface area (Å²) in [5.74, 6) is 5.36. The molecule has 1 aliphatic carbocycles. The van der Waals surface area contributed by atoms with Gasteiger partial charge in [-0.05, 0) is 58.3 Å². The maximum absolute atomic E-state index is 13.1. The molecule has 1 fully saturated rings. The highest BCUT2D eigenvalue weighted by Gasteiger charge is 2.44. The van der Waals surface area contributed by atoms with Crippen molar-refractivity contribution < 1.29 is 4.39 Å². The van der Waals surface area contributed by atoms with Crippen LogP contribution in [-0.2, 0) is 6.42 Å². The molecule has 0 spiro atoms. The number of nitrogens with two attached hydrogens (primary N) is 1. The Kier molecular flexibility index (Phi) is 3.33. The smallest absolute Gasteiger partial charge is 0.137 e. The molecule has 0 bridgehead atoms. The lowest BCUT2D eigenvalue weighted by molar-refractivity contribution is 0.359. The molecule has 1 aromatic carbocycles. The SMILES string of the molecule is CC1(C(Cc2ccc(F)c(Br)c2)NN)CC1. The van der Waals surface area contributed by atoms with E-state index in [1.54, 1.807) is 0 Å². The van der Waals surface area contributed by atoms with Gasteiger partial charge < -0.3 is 0 Å². The molecule has 0 heterocycles. The molecule has 2 rings (SSSR count). The molecule has 1 aliphatic rings. The van der Waals surface area contributed by atoms with Crippen molar-refractivity contribution in [3.8, 4) is 0 Å². The average Bonchev–Trinajstić information content (AvgIpc) is 2.99. The lowest BCUT2D eigenvalue weighted by Gasteiger charge is -2.22. The van der Waals surface area contributed by atoms with E-state index in [0.717, 1.165) is 12.0 Å². The summed E-state index contributed by atoms with van der Waals surface area (Å²) in [4.78, 5) is 0. The zero-order valence-electron chi connectivity index (χ0n) is 9.26. The van der Waals surface area contributed by atoms with Crippen LogP contribution in [0, 0.1) is 11.2 Å². The molecule has 2 nitrogen and oxygen atoms in total. The maximum atomic E-state index is 13.1. The van der Waals surface area contributed by atoms with Gasteiger partial charge in [-0.2, -0.15) is 0 Å². The largest absolute Gasteiger partial charge is 0.271 e. The first-order chi connectivity index (χ1) is 7.55. The Labute approximate surface area is 104 Å². The topological polar surface area (TPSA) is 38.0 Å². The molecule has 3 N–H and O–H groups in total.